The average molecular weight is 102 g/mol. The highest BCUT2D eigenvalue weighted by Crippen LogP contribution is 1.80. The predicted molar refractivity (Wildman–Crippen MR) is 24.0 cm³/mol. The molecule has 0 amide bonds. The first-order valence-corrected chi connectivity index (χ1v) is 1.79. The van der Waals surface area contributed by atoms with Gasteiger partial charge in [0.1, 0.15) is 6.29 Å². The number of aldehydes is 1. The Labute approximate surface area is 40.9 Å². The molecule has 40 valence electrons. The lowest BCUT2D eigenvalue weighted by atomic mass is 10.5. The Morgan fingerprint density at radius 2 is 2.14 bits per heavy atom. The van der Waals surface area contributed by atoms with Gasteiger partial charge in [-0.1, -0.05) is 0 Å². The number of hydrogen-bond donors (Lipinski definition) is 2. The molecule has 0 rings (SSSR count). The van der Waals surface area contributed by atoms with Crippen LogP contribution in [0.15, 0.2) is 12.0 Å². The van der Waals surface area contributed by atoms with Crippen LogP contribution in [0.1, 0.15) is 6.42 Å². The van der Waals surface area contributed by atoms with Gasteiger partial charge in [0.25, 0.3) is 5.95 Å². The highest BCUT2D eigenvalue weighted by Gasteiger charge is 1.78. The third-order valence-electron chi connectivity index (χ3n) is 0.397. The number of allylic oxidation sites excluding steroid dienone is 1. The van der Waals surface area contributed by atoms with Crippen molar-refractivity contribution in [1.82, 2.24) is 0 Å². The minimum atomic E-state index is -0.799. The van der Waals surface area contributed by atoms with Gasteiger partial charge >= 0.3 is 0 Å². The standard InChI is InChI=1S/C4H6O3/c5-3-1-2-4(6)7/h2-3,6-7H,1H2. The molecule has 0 heterocycles. The second kappa shape index (κ2) is 3.21. The quantitative estimate of drug-likeness (QED) is 0.395. The van der Waals surface area contributed by atoms with Crippen LogP contribution >= 0.6 is 0 Å². The first kappa shape index (κ1) is 6.01. The highest BCUT2D eigenvalue weighted by atomic mass is 16.5. The molecule has 3 nitrogen and oxygen atoms in total. The lowest BCUT2D eigenvalue weighted by Gasteiger charge is -1.79. The molecular weight excluding hydrogens is 96.0 g/mol. The van der Waals surface area contributed by atoms with Gasteiger partial charge in [0.15, 0.2) is 0 Å². The summed E-state index contributed by atoms with van der Waals surface area (Å²) >= 11 is 0. The molecule has 0 spiro atoms. The Morgan fingerprint density at radius 3 is 2.29 bits per heavy atom. The van der Waals surface area contributed by atoms with E-state index in [4.69, 9.17) is 10.2 Å². The van der Waals surface area contributed by atoms with Gasteiger partial charge in [0.05, 0.1) is 0 Å². The van der Waals surface area contributed by atoms with Crippen LogP contribution in [0, 0.1) is 0 Å². The molecule has 0 aliphatic heterocycles. The number of rotatable bonds is 2. The van der Waals surface area contributed by atoms with E-state index in [9.17, 15) is 4.79 Å². The Bertz CT molecular complexity index is 80.9. The van der Waals surface area contributed by atoms with E-state index in [0.29, 0.717) is 6.29 Å². The van der Waals surface area contributed by atoms with E-state index in [2.05, 4.69) is 0 Å². The fraction of sp³-hybridized carbons (Fsp3) is 0.250. The molecule has 7 heavy (non-hydrogen) atoms. The molecule has 0 atom stereocenters. The predicted octanol–water partition coefficient (Wildman–Crippen LogP) is 0.533. The molecule has 0 unspecified atom stereocenters. The Morgan fingerprint density at radius 1 is 1.57 bits per heavy atom. The van der Waals surface area contributed by atoms with E-state index in [1.165, 1.54) is 0 Å². The molecule has 0 radical (unpaired) electrons. The number of carbonyl (C=O) groups is 1. The summed E-state index contributed by atoms with van der Waals surface area (Å²) in [6.07, 6.45) is 1.64. The number of aliphatic hydroxyl groups excluding tert-OH is 1. The highest BCUT2D eigenvalue weighted by molar-refractivity contribution is 5.51. The molecule has 2 N–H and O–H groups in total. The summed E-state index contributed by atoms with van der Waals surface area (Å²) in [6, 6.07) is 0. The maximum Gasteiger partial charge on any atom is 0.270 e. The third kappa shape index (κ3) is 5.01. The van der Waals surface area contributed by atoms with Gasteiger partial charge in [0, 0.05) is 12.5 Å². The second-order valence-electron chi connectivity index (χ2n) is 0.965. The van der Waals surface area contributed by atoms with E-state index in [-0.39, 0.29) is 6.42 Å². The molecule has 0 aliphatic rings. The Kier molecular flexibility index (Phi) is 2.76. The molecule has 0 aromatic rings. The molecule has 0 aromatic carbocycles. The normalized spacial score (nSPS) is 7.43. The zero-order valence-electron chi connectivity index (χ0n) is 3.66. The molecule has 0 saturated heterocycles. The largest absolute Gasteiger partial charge is 0.481 e. The van der Waals surface area contributed by atoms with E-state index in [0.717, 1.165) is 6.08 Å². The first-order valence-electron chi connectivity index (χ1n) is 1.79. The van der Waals surface area contributed by atoms with Crippen molar-refractivity contribution >= 4 is 6.29 Å². The molecular formula is C4H6O3. The van der Waals surface area contributed by atoms with Gasteiger partial charge in [-0.25, -0.2) is 0 Å². The second-order valence-corrected chi connectivity index (χ2v) is 0.965. The van der Waals surface area contributed by atoms with Crippen LogP contribution in [0.25, 0.3) is 0 Å². The fourth-order valence-electron chi connectivity index (χ4n) is 0.154. The van der Waals surface area contributed by atoms with Crippen molar-refractivity contribution in [3.05, 3.63) is 12.0 Å². The number of aliphatic hydroxyl groups is 2. The molecule has 0 bridgehead atoms. The summed E-state index contributed by atoms with van der Waals surface area (Å²) in [5.74, 6) is -0.799. The SMILES string of the molecule is O=CCC=C(O)O. The van der Waals surface area contributed by atoms with Crippen LogP contribution in [0.4, 0.5) is 0 Å². The molecule has 0 aromatic heterocycles. The number of carbonyl (C=O) groups excluding carboxylic acids is 1. The van der Waals surface area contributed by atoms with Crippen molar-refractivity contribution in [2.75, 3.05) is 0 Å². The molecule has 0 aliphatic carbocycles. The minimum Gasteiger partial charge on any atom is -0.481 e. The molecule has 0 saturated carbocycles. The summed E-state index contributed by atoms with van der Waals surface area (Å²) in [5, 5.41) is 15.9. The van der Waals surface area contributed by atoms with Crippen molar-refractivity contribution < 1.29 is 15.0 Å². The zero-order chi connectivity index (χ0) is 5.70. The smallest absolute Gasteiger partial charge is 0.270 e. The maximum absolute atomic E-state index is 9.44. The molecule has 3 heteroatoms. The maximum atomic E-state index is 9.44. The number of hydrogen-bond acceptors (Lipinski definition) is 3. The summed E-state index contributed by atoms with van der Waals surface area (Å²) in [5.41, 5.74) is 0. The monoisotopic (exact) mass is 102 g/mol. The Hall–Kier alpha value is -0.990. The van der Waals surface area contributed by atoms with Crippen LogP contribution in [0.5, 0.6) is 0 Å². The van der Waals surface area contributed by atoms with Gasteiger partial charge in [-0.05, 0) is 0 Å². The zero-order valence-corrected chi connectivity index (χ0v) is 3.66. The summed E-state index contributed by atoms with van der Waals surface area (Å²) in [6.45, 7) is 0. The third-order valence-corrected chi connectivity index (χ3v) is 0.397. The van der Waals surface area contributed by atoms with E-state index >= 15 is 0 Å². The van der Waals surface area contributed by atoms with Gasteiger partial charge in [-0.2, -0.15) is 0 Å². The lowest BCUT2D eigenvalue weighted by Crippen LogP contribution is -1.75. The van der Waals surface area contributed by atoms with Crippen molar-refractivity contribution in [3.8, 4) is 0 Å². The van der Waals surface area contributed by atoms with Crippen LogP contribution in [0.3, 0.4) is 0 Å². The van der Waals surface area contributed by atoms with Gasteiger partial charge in [0.2, 0.25) is 0 Å². The van der Waals surface area contributed by atoms with Crippen LogP contribution in [-0.4, -0.2) is 16.5 Å². The van der Waals surface area contributed by atoms with Gasteiger partial charge in [-0.15, -0.1) is 0 Å². The summed E-state index contributed by atoms with van der Waals surface area (Å²) in [7, 11) is 0. The lowest BCUT2D eigenvalue weighted by molar-refractivity contribution is -0.107. The van der Waals surface area contributed by atoms with Crippen molar-refractivity contribution in [2.45, 2.75) is 6.42 Å². The van der Waals surface area contributed by atoms with E-state index < -0.39 is 5.95 Å². The summed E-state index contributed by atoms with van der Waals surface area (Å²) < 4.78 is 0. The average Bonchev–Trinajstić information content (AvgIpc) is 1.61. The van der Waals surface area contributed by atoms with Crippen molar-refractivity contribution in [1.29, 1.82) is 0 Å². The van der Waals surface area contributed by atoms with E-state index in [1.54, 1.807) is 0 Å². The summed E-state index contributed by atoms with van der Waals surface area (Å²) in [4.78, 5) is 9.44. The fourth-order valence-corrected chi connectivity index (χ4v) is 0.154. The topological polar surface area (TPSA) is 57.5 Å². The van der Waals surface area contributed by atoms with Crippen LogP contribution in [0.2, 0.25) is 0 Å². The van der Waals surface area contributed by atoms with Crippen molar-refractivity contribution in [2.24, 2.45) is 0 Å². The first-order chi connectivity index (χ1) is 3.27. The van der Waals surface area contributed by atoms with Crippen LogP contribution < -0.4 is 0 Å². The molecule has 0 fully saturated rings. The van der Waals surface area contributed by atoms with Gasteiger partial charge in [-0.3, -0.25) is 0 Å². The minimum absolute atomic E-state index is 0.0579. The van der Waals surface area contributed by atoms with Gasteiger partial charge < -0.3 is 15.0 Å². The Balaban J connectivity index is 3.25. The van der Waals surface area contributed by atoms with E-state index in [1.807, 2.05) is 0 Å². The van der Waals surface area contributed by atoms with Crippen molar-refractivity contribution in [3.63, 3.8) is 0 Å². The van der Waals surface area contributed by atoms with Crippen LogP contribution in [-0.2, 0) is 4.79 Å².